The van der Waals surface area contributed by atoms with E-state index in [2.05, 4.69) is 25.5 Å². The van der Waals surface area contributed by atoms with Crippen molar-refractivity contribution < 1.29 is 9.90 Å². The SMILES string of the molecule is O=C(O)c1ccc(-c2cnc3n2CCN(c2cccnc2)C3)cc1. The molecule has 1 aromatic carbocycles. The van der Waals surface area contributed by atoms with Crippen LogP contribution in [-0.4, -0.2) is 32.2 Å². The summed E-state index contributed by atoms with van der Waals surface area (Å²) in [6, 6.07) is 10.9. The minimum Gasteiger partial charge on any atom is -0.478 e. The Labute approximate surface area is 139 Å². The second kappa shape index (κ2) is 5.81. The van der Waals surface area contributed by atoms with Crippen LogP contribution >= 0.6 is 0 Å². The third-order valence-corrected chi connectivity index (χ3v) is 4.30. The van der Waals surface area contributed by atoms with Gasteiger partial charge in [0.25, 0.3) is 0 Å². The number of carboxylic acid groups (broad SMARTS) is 1. The Morgan fingerprint density at radius 1 is 1.08 bits per heavy atom. The minimum atomic E-state index is -0.913. The maximum Gasteiger partial charge on any atom is 0.335 e. The van der Waals surface area contributed by atoms with E-state index in [1.807, 2.05) is 30.6 Å². The highest BCUT2D eigenvalue weighted by molar-refractivity contribution is 5.88. The first-order chi connectivity index (χ1) is 11.7. The second-order valence-electron chi connectivity index (χ2n) is 5.73. The van der Waals surface area contributed by atoms with Crippen LogP contribution < -0.4 is 4.90 Å². The third kappa shape index (κ3) is 2.52. The molecule has 0 aliphatic carbocycles. The number of hydrogen-bond donors (Lipinski definition) is 1. The standard InChI is InChI=1S/C18H16N4O2/c23-18(24)14-5-3-13(4-6-14)16-11-20-17-12-21(8-9-22(16)17)15-2-1-7-19-10-15/h1-7,10-11H,8-9,12H2,(H,23,24). The Morgan fingerprint density at radius 3 is 2.62 bits per heavy atom. The maximum atomic E-state index is 11.0. The average molecular weight is 320 g/mol. The summed E-state index contributed by atoms with van der Waals surface area (Å²) in [6.45, 7) is 2.45. The number of pyridine rings is 1. The molecule has 0 amide bonds. The van der Waals surface area contributed by atoms with E-state index in [-0.39, 0.29) is 0 Å². The molecule has 1 aliphatic heterocycles. The van der Waals surface area contributed by atoms with Crippen molar-refractivity contribution in [1.29, 1.82) is 0 Å². The fourth-order valence-electron chi connectivity index (χ4n) is 3.04. The number of aromatic carboxylic acids is 1. The molecule has 120 valence electrons. The van der Waals surface area contributed by atoms with Crippen molar-refractivity contribution in [2.75, 3.05) is 11.4 Å². The lowest BCUT2D eigenvalue weighted by atomic mass is 10.1. The van der Waals surface area contributed by atoms with Gasteiger partial charge in [-0.1, -0.05) is 12.1 Å². The van der Waals surface area contributed by atoms with Crippen LogP contribution in [-0.2, 0) is 13.1 Å². The number of benzene rings is 1. The smallest absolute Gasteiger partial charge is 0.335 e. The molecule has 2 aromatic heterocycles. The van der Waals surface area contributed by atoms with Crippen LogP contribution in [0.4, 0.5) is 5.69 Å². The minimum absolute atomic E-state index is 0.292. The molecular formula is C18H16N4O2. The van der Waals surface area contributed by atoms with Gasteiger partial charge in [0, 0.05) is 19.3 Å². The van der Waals surface area contributed by atoms with Gasteiger partial charge in [0.05, 0.1) is 35.9 Å². The van der Waals surface area contributed by atoms with E-state index in [0.29, 0.717) is 5.56 Å². The first-order valence-corrected chi connectivity index (χ1v) is 7.75. The summed E-state index contributed by atoms with van der Waals surface area (Å²) in [6.07, 6.45) is 5.50. The van der Waals surface area contributed by atoms with Crippen molar-refractivity contribution in [1.82, 2.24) is 14.5 Å². The van der Waals surface area contributed by atoms with Crippen molar-refractivity contribution in [2.45, 2.75) is 13.1 Å². The van der Waals surface area contributed by atoms with Crippen molar-refractivity contribution in [3.05, 3.63) is 66.4 Å². The normalized spacial score (nSPS) is 13.6. The van der Waals surface area contributed by atoms with Gasteiger partial charge >= 0.3 is 5.97 Å². The van der Waals surface area contributed by atoms with E-state index >= 15 is 0 Å². The van der Waals surface area contributed by atoms with Crippen molar-refractivity contribution in [3.8, 4) is 11.3 Å². The van der Waals surface area contributed by atoms with Gasteiger partial charge in [0.1, 0.15) is 5.82 Å². The largest absolute Gasteiger partial charge is 0.478 e. The van der Waals surface area contributed by atoms with E-state index in [9.17, 15) is 4.79 Å². The number of carboxylic acids is 1. The fraction of sp³-hybridized carbons (Fsp3) is 0.167. The van der Waals surface area contributed by atoms with Gasteiger partial charge in [0.15, 0.2) is 0 Å². The van der Waals surface area contributed by atoms with Gasteiger partial charge in [-0.2, -0.15) is 0 Å². The molecule has 0 saturated carbocycles. The zero-order valence-corrected chi connectivity index (χ0v) is 13.0. The molecule has 0 bridgehead atoms. The molecule has 0 radical (unpaired) electrons. The Hall–Kier alpha value is -3.15. The van der Waals surface area contributed by atoms with Crippen LogP contribution in [0.25, 0.3) is 11.3 Å². The molecule has 3 heterocycles. The Balaban J connectivity index is 1.61. The van der Waals surface area contributed by atoms with Gasteiger partial charge in [-0.3, -0.25) is 4.98 Å². The zero-order valence-electron chi connectivity index (χ0n) is 13.0. The summed E-state index contributed by atoms with van der Waals surface area (Å²) in [5.74, 6) is 0.0892. The number of fused-ring (bicyclic) bond motifs is 1. The molecule has 1 N–H and O–H groups in total. The summed E-state index contributed by atoms with van der Waals surface area (Å²) < 4.78 is 2.20. The number of imidazole rings is 1. The highest BCUT2D eigenvalue weighted by atomic mass is 16.4. The fourth-order valence-corrected chi connectivity index (χ4v) is 3.04. The monoisotopic (exact) mass is 320 g/mol. The molecule has 24 heavy (non-hydrogen) atoms. The van der Waals surface area contributed by atoms with E-state index in [0.717, 1.165) is 42.4 Å². The van der Waals surface area contributed by atoms with Gasteiger partial charge in [-0.05, 0) is 29.8 Å². The molecule has 0 atom stereocenters. The topological polar surface area (TPSA) is 71.2 Å². The number of hydrogen-bond acceptors (Lipinski definition) is 4. The third-order valence-electron chi connectivity index (χ3n) is 4.30. The van der Waals surface area contributed by atoms with Gasteiger partial charge in [-0.15, -0.1) is 0 Å². The van der Waals surface area contributed by atoms with Crippen molar-refractivity contribution >= 4 is 11.7 Å². The van der Waals surface area contributed by atoms with Crippen LogP contribution in [0.1, 0.15) is 16.2 Å². The van der Waals surface area contributed by atoms with Crippen molar-refractivity contribution in [2.24, 2.45) is 0 Å². The summed E-state index contributed by atoms with van der Waals surface area (Å²) in [5.41, 5.74) is 3.39. The molecule has 0 fully saturated rings. The van der Waals surface area contributed by atoms with E-state index < -0.39 is 5.97 Å². The molecular weight excluding hydrogens is 304 g/mol. The number of nitrogens with zero attached hydrogens (tertiary/aromatic N) is 4. The molecule has 0 saturated heterocycles. The lowest BCUT2D eigenvalue weighted by Crippen LogP contribution is -2.34. The average Bonchev–Trinajstić information content (AvgIpc) is 3.05. The predicted octanol–water partition coefficient (Wildman–Crippen LogP) is 2.66. The molecule has 1 aliphatic rings. The number of aromatic nitrogens is 3. The number of carbonyl (C=O) groups is 1. The van der Waals surface area contributed by atoms with Crippen LogP contribution in [0.15, 0.2) is 55.0 Å². The molecule has 4 rings (SSSR count). The van der Waals surface area contributed by atoms with Gasteiger partial charge in [-0.25, -0.2) is 9.78 Å². The Kier molecular flexibility index (Phi) is 3.49. The van der Waals surface area contributed by atoms with E-state index in [1.54, 1.807) is 18.3 Å². The number of rotatable bonds is 3. The summed E-state index contributed by atoms with van der Waals surface area (Å²) in [5, 5.41) is 9.01. The quantitative estimate of drug-likeness (QED) is 0.803. The molecule has 0 spiro atoms. The van der Waals surface area contributed by atoms with Crippen LogP contribution in [0.3, 0.4) is 0 Å². The summed E-state index contributed by atoms with van der Waals surface area (Å²) in [4.78, 5) is 22.0. The molecule has 0 unspecified atom stereocenters. The molecule has 3 aromatic rings. The first kappa shape index (κ1) is 14.4. The van der Waals surface area contributed by atoms with Crippen molar-refractivity contribution in [3.63, 3.8) is 0 Å². The van der Waals surface area contributed by atoms with Crippen LogP contribution in [0.2, 0.25) is 0 Å². The zero-order chi connectivity index (χ0) is 16.5. The Bertz CT molecular complexity index is 872. The molecule has 6 heteroatoms. The maximum absolute atomic E-state index is 11.0. The molecule has 6 nitrogen and oxygen atoms in total. The predicted molar refractivity (Wildman–Crippen MR) is 89.9 cm³/mol. The lowest BCUT2D eigenvalue weighted by molar-refractivity contribution is 0.0697. The second-order valence-corrected chi connectivity index (χ2v) is 5.73. The number of anilines is 1. The Morgan fingerprint density at radius 2 is 1.92 bits per heavy atom. The first-order valence-electron chi connectivity index (χ1n) is 7.75. The highest BCUT2D eigenvalue weighted by Crippen LogP contribution is 2.26. The summed E-state index contributed by atoms with van der Waals surface area (Å²) in [7, 11) is 0. The highest BCUT2D eigenvalue weighted by Gasteiger charge is 2.20. The lowest BCUT2D eigenvalue weighted by Gasteiger charge is -2.30. The van der Waals surface area contributed by atoms with E-state index in [1.165, 1.54) is 0 Å². The summed E-state index contributed by atoms with van der Waals surface area (Å²) >= 11 is 0. The van der Waals surface area contributed by atoms with Gasteiger partial charge < -0.3 is 14.6 Å². The van der Waals surface area contributed by atoms with Gasteiger partial charge in [0.2, 0.25) is 0 Å². The van der Waals surface area contributed by atoms with Crippen LogP contribution in [0.5, 0.6) is 0 Å². The van der Waals surface area contributed by atoms with Crippen LogP contribution in [0, 0.1) is 0 Å². The van der Waals surface area contributed by atoms with E-state index in [4.69, 9.17) is 5.11 Å².